The zero-order valence-corrected chi connectivity index (χ0v) is 22.3. The number of ether oxygens (including phenoxy) is 3. The summed E-state index contributed by atoms with van der Waals surface area (Å²) in [5.74, 6) is -1.41. The Hall–Kier alpha value is -3.07. The molecule has 198 valence electrons. The maximum Gasteiger partial charge on any atom is 0.332 e. The summed E-state index contributed by atoms with van der Waals surface area (Å²) in [6.07, 6.45) is 1.84. The van der Waals surface area contributed by atoms with Crippen LogP contribution in [0.4, 0.5) is 5.82 Å². The molecule has 0 aliphatic rings. The minimum absolute atomic E-state index is 0.172. The Labute approximate surface area is 210 Å². The number of nitrogens with two attached hydrogens (primary N) is 1. The summed E-state index contributed by atoms with van der Waals surface area (Å²) in [5, 5.41) is 12.5. The molecule has 0 amide bonds. The van der Waals surface area contributed by atoms with Crippen LogP contribution in [0.5, 0.6) is 0 Å². The molecule has 0 radical (unpaired) electrons. The van der Waals surface area contributed by atoms with Gasteiger partial charge in [-0.2, -0.15) is 5.26 Å². The third-order valence-corrected chi connectivity index (χ3v) is 7.60. The quantitative estimate of drug-likeness (QED) is 0.288. The van der Waals surface area contributed by atoms with Gasteiger partial charge < -0.3 is 29.1 Å². The Morgan fingerprint density at radius 3 is 2.58 bits per heavy atom. The molecule has 3 atom stereocenters. The van der Waals surface area contributed by atoms with Crippen LogP contribution in [-0.4, -0.2) is 67.8 Å². The van der Waals surface area contributed by atoms with Crippen LogP contribution in [0, 0.1) is 11.3 Å². The number of aromatic nitrogens is 4. The maximum absolute atomic E-state index is 14.1. The van der Waals surface area contributed by atoms with Crippen molar-refractivity contribution >= 4 is 36.2 Å². The van der Waals surface area contributed by atoms with Crippen LogP contribution in [0.25, 0.3) is 11.2 Å². The number of nitrogens with one attached hydrogen (secondary N) is 1. The van der Waals surface area contributed by atoms with Crippen LogP contribution in [0.2, 0.25) is 0 Å². The van der Waals surface area contributed by atoms with Gasteiger partial charge in [-0.1, -0.05) is 6.92 Å². The van der Waals surface area contributed by atoms with Crippen molar-refractivity contribution in [3.63, 3.8) is 0 Å². The second-order valence-electron chi connectivity index (χ2n) is 9.12. The second-order valence-corrected chi connectivity index (χ2v) is 11.7. The first-order chi connectivity index (χ1) is 16.8. The lowest BCUT2D eigenvalue weighted by atomic mass is 10.1. The van der Waals surface area contributed by atoms with Gasteiger partial charge in [-0.15, -0.1) is 0 Å². The maximum atomic E-state index is 14.1. The van der Waals surface area contributed by atoms with E-state index in [1.165, 1.54) is 26.5 Å². The van der Waals surface area contributed by atoms with Gasteiger partial charge in [0.25, 0.3) is 0 Å². The van der Waals surface area contributed by atoms with Crippen LogP contribution in [0.1, 0.15) is 48.0 Å². The molecule has 0 fully saturated rings. The Balaban J connectivity index is 2.26. The molecule has 0 saturated carbocycles. The number of anilines is 1. The van der Waals surface area contributed by atoms with Crippen molar-refractivity contribution in [2.24, 2.45) is 0 Å². The molecule has 0 spiro atoms. The van der Waals surface area contributed by atoms with Gasteiger partial charge in [0.2, 0.25) is 13.0 Å². The topological polar surface area (TPSA) is 184 Å². The number of nitrogens with zero attached hydrogens (tertiary/aromatic N) is 5. The number of hydrogen-bond acceptors (Lipinski definition) is 11. The summed E-state index contributed by atoms with van der Waals surface area (Å²) in [7, 11) is -4.03. The molecule has 3 N–H and O–H groups in total. The first-order valence-electron chi connectivity index (χ1n) is 11.5. The number of carbonyl (C=O) groups excluding carboxylic acids is 2. The fourth-order valence-corrected chi connectivity index (χ4v) is 5.72. The number of esters is 2. The molecule has 2 heterocycles. The van der Waals surface area contributed by atoms with E-state index in [0.29, 0.717) is 17.6 Å². The van der Waals surface area contributed by atoms with Crippen molar-refractivity contribution in [3.05, 3.63) is 12.7 Å². The fraction of sp³-hybridized carbons (Fsp3) is 0.636. The van der Waals surface area contributed by atoms with Crippen molar-refractivity contribution < 1.29 is 28.4 Å². The van der Waals surface area contributed by atoms with E-state index in [9.17, 15) is 19.4 Å². The third-order valence-electron chi connectivity index (χ3n) is 4.97. The zero-order chi connectivity index (χ0) is 27.1. The predicted molar refractivity (Wildman–Crippen MR) is 132 cm³/mol. The average molecular weight is 524 g/mol. The number of imidazole rings is 1. The first-order valence-corrected chi connectivity index (χ1v) is 13.5. The molecule has 0 saturated heterocycles. The molecule has 36 heavy (non-hydrogen) atoms. The van der Waals surface area contributed by atoms with Crippen molar-refractivity contribution in [3.8, 4) is 6.07 Å². The third kappa shape index (κ3) is 7.22. The highest BCUT2D eigenvalue weighted by Gasteiger charge is 2.46. The average Bonchev–Trinajstić information content (AvgIpc) is 3.19. The van der Waals surface area contributed by atoms with Gasteiger partial charge in [-0.3, -0.25) is 9.59 Å². The molecule has 0 aliphatic carbocycles. The number of rotatable bonds is 13. The number of nitriles is 1. The minimum Gasteiger partial charge on any atom is -0.464 e. The molecule has 2 rings (SSSR count). The monoisotopic (exact) mass is 523 g/mol. The number of hydrogen-bond donors (Lipinski definition) is 2. The van der Waals surface area contributed by atoms with Gasteiger partial charge in [0.15, 0.2) is 11.5 Å². The van der Waals surface area contributed by atoms with E-state index in [4.69, 9.17) is 19.9 Å². The normalized spacial score (nSPS) is 15.2. The smallest absolute Gasteiger partial charge is 0.332 e. The molecule has 0 aliphatic heterocycles. The Morgan fingerprint density at radius 1 is 1.28 bits per heavy atom. The van der Waals surface area contributed by atoms with E-state index in [1.54, 1.807) is 31.4 Å². The Morgan fingerprint density at radius 2 is 1.97 bits per heavy atom. The van der Waals surface area contributed by atoms with E-state index in [1.807, 2.05) is 6.92 Å². The van der Waals surface area contributed by atoms with E-state index < -0.39 is 49.0 Å². The number of carbonyl (C=O) groups is 2. The summed E-state index contributed by atoms with van der Waals surface area (Å²) in [6, 6.07) is 1.77. The Bertz CT molecular complexity index is 1160. The molecule has 3 unspecified atom stereocenters. The molecule has 0 aromatic carbocycles. The van der Waals surface area contributed by atoms with Gasteiger partial charge in [0.05, 0.1) is 37.8 Å². The molecule has 2 aromatic heterocycles. The van der Waals surface area contributed by atoms with Gasteiger partial charge in [-0.05, 0) is 41.0 Å². The number of fused-ring (bicyclic) bond motifs is 1. The van der Waals surface area contributed by atoms with E-state index >= 15 is 0 Å². The molecule has 0 bridgehead atoms. The molecule has 13 nitrogen and oxygen atoms in total. The summed E-state index contributed by atoms with van der Waals surface area (Å²) < 4.78 is 32.0. The summed E-state index contributed by atoms with van der Waals surface area (Å²) in [4.78, 5) is 37.5. The van der Waals surface area contributed by atoms with Gasteiger partial charge in [-0.25, -0.2) is 20.0 Å². The van der Waals surface area contributed by atoms with Crippen molar-refractivity contribution in [1.82, 2.24) is 24.6 Å². The lowest BCUT2D eigenvalue weighted by molar-refractivity contribution is -0.150. The standard InChI is InChI=1S/C22H34N7O6P/c1-7-8-33-21(31)22(5,6)28-36(32,16(9-23)20(30)35-14(2)3)13-34-15(4)10-29-12-27-17-18(24)25-11-26-19(17)29/h11-12,14-16H,7-8,10,13H2,1-6H3,(H,28,32)(H2,24,25,26). The molecule has 2 aromatic rings. The van der Waals surface area contributed by atoms with Gasteiger partial charge in [0, 0.05) is 0 Å². The minimum atomic E-state index is -4.03. The lowest BCUT2D eigenvalue weighted by Crippen LogP contribution is -2.49. The lowest BCUT2D eigenvalue weighted by Gasteiger charge is -2.32. The molecular formula is C22H34N7O6P. The first kappa shape index (κ1) is 29.2. The van der Waals surface area contributed by atoms with Gasteiger partial charge >= 0.3 is 11.9 Å². The predicted octanol–water partition coefficient (Wildman–Crippen LogP) is 2.21. The highest BCUT2D eigenvalue weighted by Crippen LogP contribution is 2.49. The van der Waals surface area contributed by atoms with Gasteiger partial charge in [0.1, 0.15) is 23.7 Å². The summed E-state index contributed by atoms with van der Waals surface area (Å²) in [5.41, 5.74) is 3.58. The van der Waals surface area contributed by atoms with Crippen LogP contribution < -0.4 is 10.8 Å². The van der Waals surface area contributed by atoms with Crippen LogP contribution >= 0.6 is 7.29 Å². The zero-order valence-electron chi connectivity index (χ0n) is 21.4. The van der Waals surface area contributed by atoms with E-state index in [2.05, 4.69) is 20.0 Å². The number of nitrogen functional groups attached to an aromatic ring is 1. The molecular weight excluding hydrogens is 489 g/mol. The van der Waals surface area contributed by atoms with Crippen LogP contribution in [0.3, 0.4) is 0 Å². The largest absolute Gasteiger partial charge is 0.464 e. The summed E-state index contributed by atoms with van der Waals surface area (Å²) in [6.45, 7) is 10.1. The molecule has 14 heteroatoms. The highest BCUT2D eigenvalue weighted by atomic mass is 31.2. The van der Waals surface area contributed by atoms with E-state index in [-0.39, 0.29) is 19.0 Å². The van der Waals surface area contributed by atoms with Crippen molar-refractivity contribution in [1.29, 1.82) is 5.26 Å². The van der Waals surface area contributed by atoms with E-state index in [0.717, 1.165) is 0 Å². The highest BCUT2D eigenvalue weighted by molar-refractivity contribution is 7.63. The Kier molecular flexibility index (Phi) is 9.93. The van der Waals surface area contributed by atoms with Crippen molar-refractivity contribution in [2.45, 2.75) is 77.9 Å². The van der Waals surface area contributed by atoms with Crippen LogP contribution in [0.15, 0.2) is 12.7 Å². The van der Waals surface area contributed by atoms with Crippen molar-refractivity contribution in [2.75, 3.05) is 18.7 Å². The SMILES string of the molecule is CCCOC(=O)C(C)(C)NP(=O)(COC(C)Cn1cnc2c(N)ncnc21)C(C#N)C(=O)OC(C)C. The second kappa shape index (κ2) is 12.3. The van der Waals surface area contributed by atoms with Crippen LogP contribution in [-0.2, 0) is 34.9 Å². The summed E-state index contributed by atoms with van der Waals surface area (Å²) >= 11 is 0. The fourth-order valence-electron chi connectivity index (χ4n) is 3.28.